The molecule has 6 atom stereocenters. The Kier molecular flexibility index (Phi) is 6.73. The maximum absolute atomic E-state index is 13.8. The number of nitrogens with one attached hydrogen (secondary N) is 3. The Bertz CT molecular complexity index is 1010. The Hall–Kier alpha value is -2.86. The van der Waals surface area contributed by atoms with Crippen molar-refractivity contribution < 1.29 is 37.1 Å². The van der Waals surface area contributed by atoms with Gasteiger partial charge in [-0.15, -0.1) is 0 Å². The van der Waals surface area contributed by atoms with Gasteiger partial charge in [0.1, 0.15) is 18.1 Å². The van der Waals surface area contributed by atoms with Crippen molar-refractivity contribution in [1.29, 1.82) is 0 Å². The third kappa shape index (κ3) is 5.13. The molecular weight excluding hydrogens is 495 g/mol. The van der Waals surface area contributed by atoms with Crippen LogP contribution >= 0.6 is 0 Å². The van der Waals surface area contributed by atoms with Gasteiger partial charge in [0.05, 0.1) is 0 Å². The molecule has 2 bridgehead atoms. The summed E-state index contributed by atoms with van der Waals surface area (Å²) in [6.07, 6.45) is -1.75. The molecule has 4 fully saturated rings. The molecule has 37 heavy (non-hydrogen) atoms. The van der Waals surface area contributed by atoms with Crippen LogP contribution in [0.15, 0.2) is 0 Å². The molecular formula is C24H34F3N5O5. The first-order chi connectivity index (χ1) is 17.0. The summed E-state index contributed by atoms with van der Waals surface area (Å²) < 4.78 is 39.1. The van der Waals surface area contributed by atoms with E-state index in [1.807, 2.05) is 5.32 Å². The Morgan fingerprint density at radius 1 is 1.16 bits per heavy atom. The number of carbonyl (C=O) groups is 5. The summed E-state index contributed by atoms with van der Waals surface area (Å²) in [5.41, 5.74) is 4.34. The van der Waals surface area contributed by atoms with Gasteiger partial charge in [-0.1, -0.05) is 20.8 Å². The minimum Gasteiger partial charge on any atom is -0.368 e. The molecule has 4 rings (SSSR count). The van der Waals surface area contributed by atoms with Crippen LogP contribution in [0.25, 0.3) is 0 Å². The Labute approximate surface area is 212 Å². The maximum Gasteiger partial charge on any atom is 0.471 e. The van der Waals surface area contributed by atoms with Crippen LogP contribution in [0.5, 0.6) is 0 Å². The van der Waals surface area contributed by atoms with E-state index in [-0.39, 0.29) is 29.7 Å². The minimum absolute atomic E-state index is 0.0130. The van der Waals surface area contributed by atoms with Crippen LogP contribution in [-0.2, 0) is 24.0 Å². The molecule has 5 N–H and O–H groups in total. The van der Waals surface area contributed by atoms with Crippen LogP contribution in [0.2, 0.25) is 0 Å². The molecule has 5 amide bonds. The Morgan fingerprint density at radius 2 is 1.81 bits per heavy atom. The second-order valence-corrected chi connectivity index (χ2v) is 12.0. The number of nitrogens with zero attached hydrogens (tertiary/aromatic N) is 1. The van der Waals surface area contributed by atoms with E-state index in [0.29, 0.717) is 25.8 Å². The number of hydrogen-bond donors (Lipinski definition) is 4. The highest BCUT2D eigenvalue weighted by atomic mass is 19.4. The van der Waals surface area contributed by atoms with E-state index in [1.54, 1.807) is 0 Å². The van der Waals surface area contributed by atoms with E-state index in [1.165, 1.54) is 25.7 Å². The summed E-state index contributed by atoms with van der Waals surface area (Å²) in [6, 6.07) is -4.05. The van der Waals surface area contributed by atoms with Crippen molar-refractivity contribution in [3.63, 3.8) is 0 Å². The molecule has 0 radical (unpaired) electrons. The second kappa shape index (κ2) is 9.16. The minimum atomic E-state index is -5.18. The van der Waals surface area contributed by atoms with E-state index >= 15 is 0 Å². The van der Waals surface area contributed by atoms with Gasteiger partial charge in [0, 0.05) is 18.5 Å². The van der Waals surface area contributed by atoms with Gasteiger partial charge in [-0.3, -0.25) is 24.0 Å². The molecule has 13 heteroatoms. The highest BCUT2D eigenvalue weighted by molar-refractivity contribution is 5.96. The SMILES string of the molecule is CC(C)(C)[C@H](NC(=O)C(F)(F)F)C(=O)N1[C@H]2C[C@@H]([C@H]1C(=O)N[C@@H](C[C@@H]1CCNC1=O)C(N)=O)C1(CC1)C2. The zero-order valence-electron chi connectivity index (χ0n) is 21.1. The van der Waals surface area contributed by atoms with E-state index in [9.17, 15) is 37.1 Å². The van der Waals surface area contributed by atoms with Gasteiger partial charge in [0.15, 0.2) is 0 Å². The fourth-order valence-electron chi connectivity index (χ4n) is 6.37. The predicted octanol–water partition coefficient (Wildman–Crippen LogP) is 0.346. The first-order valence-electron chi connectivity index (χ1n) is 12.6. The van der Waals surface area contributed by atoms with Crippen molar-refractivity contribution in [3.05, 3.63) is 0 Å². The number of primary amides is 1. The summed E-state index contributed by atoms with van der Waals surface area (Å²) in [5.74, 6) is -5.38. The third-order valence-electron chi connectivity index (χ3n) is 8.43. The number of carbonyl (C=O) groups excluding carboxylic acids is 5. The molecule has 2 aliphatic heterocycles. The average molecular weight is 530 g/mol. The average Bonchev–Trinajstić information content (AvgIpc) is 3.09. The summed E-state index contributed by atoms with van der Waals surface area (Å²) in [4.78, 5) is 64.6. The van der Waals surface area contributed by atoms with Gasteiger partial charge in [-0.2, -0.15) is 13.2 Å². The molecule has 206 valence electrons. The van der Waals surface area contributed by atoms with Gasteiger partial charge in [0.25, 0.3) is 0 Å². The molecule has 2 aliphatic carbocycles. The number of halogens is 3. The molecule has 2 saturated carbocycles. The number of nitrogens with two attached hydrogens (primary N) is 1. The molecule has 0 aromatic rings. The van der Waals surface area contributed by atoms with Crippen LogP contribution in [0.3, 0.4) is 0 Å². The molecule has 10 nitrogen and oxygen atoms in total. The molecule has 4 aliphatic rings. The van der Waals surface area contributed by atoms with Gasteiger partial charge in [-0.25, -0.2) is 0 Å². The number of rotatable bonds is 7. The van der Waals surface area contributed by atoms with E-state index < -0.39 is 59.3 Å². The smallest absolute Gasteiger partial charge is 0.368 e. The van der Waals surface area contributed by atoms with Crippen molar-refractivity contribution in [2.75, 3.05) is 6.54 Å². The lowest BCUT2D eigenvalue weighted by molar-refractivity contribution is -0.176. The molecule has 1 spiro atoms. The largest absolute Gasteiger partial charge is 0.471 e. The lowest BCUT2D eigenvalue weighted by atomic mass is 9.81. The monoisotopic (exact) mass is 529 g/mol. The van der Waals surface area contributed by atoms with Gasteiger partial charge >= 0.3 is 12.1 Å². The van der Waals surface area contributed by atoms with Crippen molar-refractivity contribution in [1.82, 2.24) is 20.9 Å². The fourth-order valence-corrected chi connectivity index (χ4v) is 6.37. The van der Waals surface area contributed by atoms with E-state index in [0.717, 1.165) is 12.8 Å². The molecule has 2 heterocycles. The van der Waals surface area contributed by atoms with Crippen molar-refractivity contribution in [2.24, 2.45) is 28.4 Å². The molecule has 2 saturated heterocycles. The number of likely N-dealkylation sites (tertiary alicyclic amines) is 1. The zero-order chi connectivity index (χ0) is 27.5. The van der Waals surface area contributed by atoms with Gasteiger partial charge in [-0.05, 0) is 55.3 Å². The maximum atomic E-state index is 13.8. The van der Waals surface area contributed by atoms with Crippen molar-refractivity contribution in [3.8, 4) is 0 Å². The first-order valence-corrected chi connectivity index (χ1v) is 12.6. The summed E-state index contributed by atoms with van der Waals surface area (Å²) in [7, 11) is 0. The number of piperidine rings is 1. The molecule has 0 aromatic heterocycles. The normalized spacial score (nSPS) is 29.6. The third-order valence-corrected chi connectivity index (χ3v) is 8.43. The number of amides is 5. The van der Waals surface area contributed by atoms with Crippen molar-refractivity contribution >= 4 is 29.5 Å². The van der Waals surface area contributed by atoms with Crippen LogP contribution in [0.1, 0.15) is 59.3 Å². The summed E-state index contributed by atoms with van der Waals surface area (Å²) in [5, 5.41) is 7.13. The van der Waals surface area contributed by atoms with Crippen LogP contribution in [-0.4, -0.2) is 71.3 Å². The van der Waals surface area contributed by atoms with Crippen LogP contribution < -0.4 is 21.7 Å². The second-order valence-electron chi connectivity index (χ2n) is 12.0. The van der Waals surface area contributed by atoms with Crippen LogP contribution in [0, 0.1) is 22.7 Å². The quantitative estimate of drug-likeness (QED) is 0.375. The number of hydrogen-bond acceptors (Lipinski definition) is 5. The highest BCUT2D eigenvalue weighted by Crippen LogP contribution is 2.67. The topological polar surface area (TPSA) is 151 Å². The van der Waals surface area contributed by atoms with E-state index in [4.69, 9.17) is 5.73 Å². The van der Waals surface area contributed by atoms with Gasteiger partial charge in [0.2, 0.25) is 23.6 Å². The standard InChI is InChI=1S/C24H34F3N5O5/c1-22(2,3)16(31-21(37)24(25,26)27)20(36)32-12-9-13(23(10-12)5-6-23)15(32)19(35)30-14(17(28)33)8-11-4-7-29-18(11)34/h11-16H,4-10H2,1-3H3,(H2,28,33)(H,29,34)(H,30,35)(H,31,37)/t11-,12-,13-,14-,15-,16+/m0/s1. The van der Waals surface area contributed by atoms with Crippen molar-refractivity contribution in [2.45, 2.75) is 89.6 Å². The summed E-state index contributed by atoms with van der Waals surface area (Å²) in [6.45, 7) is 5.06. The number of alkyl halides is 3. The Morgan fingerprint density at radius 3 is 2.30 bits per heavy atom. The van der Waals surface area contributed by atoms with Crippen LogP contribution in [0.4, 0.5) is 13.2 Å². The predicted molar refractivity (Wildman–Crippen MR) is 123 cm³/mol. The first kappa shape index (κ1) is 27.2. The lowest BCUT2D eigenvalue weighted by Crippen LogP contribution is -2.64. The molecule has 0 aromatic carbocycles. The molecule has 0 unspecified atom stereocenters. The lowest BCUT2D eigenvalue weighted by Gasteiger charge is -2.42. The fraction of sp³-hybridized carbons (Fsp3) is 0.792. The Balaban J connectivity index is 1.58. The highest BCUT2D eigenvalue weighted by Gasteiger charge is 2.67. The van der Waals surface area contributed by atoms with Gasteiger partial charge < -0.3 is 26.6 Å². The zero-order valence-corrected chi connectivity index (χ0v) is 21.1. The summed E-state index contributed by atoms with van der Waals surface area (Å²) >= 11 is 0. The van der Waals surface area contributed by atoms with E-state index in [2.05, 4.69) is 10.6 Å². The number of fused-ring (bicyclic) bond motifs is 3.